The lowest BCUT2D eigenvalue weighted by Crippen LogP contribution is -2.29. The molecule has 0 aromatic heterocycles. The highest BCUT2D eigenvalue weighted by Gasteiger charge is 2.14. The summed E-state index contributed by atoms with van der Waals surface area (Å²) in [5.41, 5.74) is 0.260. The maximum absolute atomic E-state index is 11.9. The minimum absolute atomic E-state index is 0.0910. The van der Waals surface area contributed by atoms with Crippen LogP contribution < -0.4 is 5.32 Å². The third-order valence-corrected chi connectivity index (χ3v) is 3.12. The summed E-state index contributed by atoms with van der Waals surface area (Å²) >= 11 is 5.78. The molecule has 0 atom stereocenters. The Labute approximate surface area is 130 Å². The molecule has 22 heavy (non-hydrogen) atoms. The van der Waals surface area contributed by atoms with Gasteiger partial charge < -0.3 is 20.6 Å². The number of Topliss-reactive ketones (excluding diaryl/α,β-unsaturated/α-hetero) is 1. The van der Waals surface area contributed by atoms with Gasteiger partial charge in [0.05, 0.1) is 6.54 Å². The van der Waals surface area contributed by atoms with Gasteiger partial charge in [0.15, 0.2) is 23.0 Å². The third-order valence-electron chi connectivity index (χ3n) is 2.89. The monoisotopic (exact) mass is 321 g/mol. The largest absolute Gasteiger partial charge is 0.504 e. The van der Waals surface area contributed by atoms with Gasteiger partial charge in [-0.3, -0.25) is 9.59 Å². The van der Waals surface area contributed by atoms with Crippen LogP contribution in [0.2, 0.25) is 5.02 Å². The summed E-state index contributed by atoms with van der Waals surface area (Å²) in [6, 6.07) is 8.25. The number of amides is 1. The molecule has 0 unspecified atom stereocenters. The topological polar surface area (TPSA) is 107 Å². The van der Waals surface area contributed by atoms with Crippen LogP contribution in [0.3, 0.4) is 0 Å². The average Bonchev–Trinajstić information content (AvgIpc) is 2.49. The number of ketones is 1. The molecule has 0 aliphatic carbocycles. The van der Waals surface area contributed by atoms with E-state index in [1.54, 1.807) is 18.2 Å². The van der Waals surface area contributed by atoms with Crippen LogP contribution in [0.4, 0.5) is 0 Å². The molecular formula is C15H12ClNO5. The molecule has 0 bridgehead atoms. The Morgan fingerprint density at radius 2 is 1.64 bits per heavy atom. The predicted molar refractivity (Wildman–Crippen MR) is 79.6 cm³/mol. The van der Waals surface area contributed by atoms with Crippen molar-refractivity contribution in [3.8, 4) is 17.2 Å². The minimum Gasteiger partial charge on any atom is -0.504 e. The molecule has 7 heteroatoms. The Hall–Kier alpha value is -2.73. The zero-order valence-corrected chi connectivity index (χ0v) is 12.0. The summed E-state index contributed by atoms with van der Waals surface area (Å²) in [6.07, 6.45) is 0. The smallest absolute Gasteiger partial charge is 0.251 e. The number of phenolic OH excluding ortho intramolecular Hbond substituents is 3. The Bertz CT molecular complexity index is 721. The first-order chi connectivity index (χ1) is 10.4. The second-order valence-corrected chi connectivity index (χ2v) is 4.92. The first-order valence-electron chi connectivity index (χ1n) is 6.20. The summed E-state index contributed by atoms with van der Waals surface area (Å²) < 4.78 is 0. The summed E-state index contributed by atoms with van der Waals surface area (Å²) in [4.78, 5) is 23.8. The molecule has 0 aliphatic rings. The van der Waals surface area contributed by atoms with Crippen molar-refractivity contribution in [2.75, 3.05) is 6.54 Å². The molecular weight excluding hydrogens is 310 g/mol. The van der Waals surface area contributed by atoms with Crippen LogP contribution in [0.15, 0.2) is 36.4 Å². The molecule has 2 aromatic carbocycles. The summed E-state index contributed by atoms with van der Waals surface area (Å²) in [5, 5.41) is 30.7. The van der Waals surface area contributed by atoms with E-state index in [0.717, 1.165) is 12.1 Å². The molecule has 0 fully saturated rings. The molecule has 114 valence electrons. The van der Waals surface area contributed by atoms with Gasteiger partial charge in [-0.1, -0.05) is 23.7 Å². The Morgan fingerprint density at radius 3 is 2.23 bits per heavy atom. The normalized spacial score (nSPS) is 10.2. The lowest BCUT2D eigenvalue weighted by molar-refractivity contribution is 0.0903. The number of halogens is 1. The van der Waals surface area contributed by atoms with E-state index in [-0.39, 0.29) is 17.9 Å². The van der Waals surface area contributed by atoms with Crippen LogP contribution in [-0.4, -0.2) is 33.6 Å². The molecule has 2 aromatic rings. The van der Waals surface area contributed by atoms with Crippen molar-refractivity contribution >= 4 is 23.3 Å². The highest BCUT2D eigenvalue weighted by Crippen LogP contribution is 2.35. The van der Waals surface area contributed by atoms with E-state index in [1.165, 1.54) is 6.07 Å². The first-order valence-corrected chi connectivity index (χ1v) is 6.58. The second kappa shape index (κ2) is 6.36. The van der Waals surface area contributed by atoms with Gasteiger partial charge in [-0.05, 0) is 24.3 Å². The summed E-state index contributed by atoms with van der Waals surface area (Å²) in [6.45, 7) is -0.276. The van der Waals surface area contributed by atoms with Gasteiger partial charge in [0.1, 0.15) is 0 Å². The van der Waals surface area contributed by atoms with Gasteiger partial charge in [0.2, 0.25) is 0 Å². The molecule has 0 radical (unpaired) electrons. The SMILES string of the molecule is O=C(CNC(=O)c1cc(O)c(O)c(O)c1)c1cccc(Cl)c1. The molecule has 0 saturated heterocycles. The molecule has 1 amide bonds. The number of hydrogen-bond acceptors (Lipinski definition) is 5. The van der Waals surface area contributed by atoms with Gasteiger partial charge in [-0.25, -0.2) is 0 Å². The molecule has 6 nitrogen and oxygen atoms in total. The van der Waals surface area contributed by atoms with Crippen molar-refractivity contribution in [2.24, 2.45) is 0 Å². The van der Waals surface area contributed by atoms with Crippen LogP contribution >= 0.6 is 11.6 Å². The van der Waals surface area contributed by atoms with E-state index in [4.69, 9.17) is 11.6 Å². The third kappa shape index (κ3) is 3.48. The fraction of sp³-hybridized carbons (Fsp3) is 0.0667. The zero-order valence-electron chi connectivity index (χ0n) is 11.2. The number of benzene rings is 2. The first kappa shape index (κ1) is 15.7. The van der Waals surface area contributed by atoms with Crippen LogP contribution in [-0.2, 0) is 0 Å². The van der Waals surface area contributed by atoms with Crippen LogP contribution in [0.1, 0.15) is 20.7 Å². The molecule has 0 saturated carbocycles. The molecule has 4 N–H and O–H groups in total. The molecule has 0 aliphatic heterocycles. The zero-order chi connectivity index (χ0) is 16.3. The summed E-state index contributed by atoms with van der Waals surface area (Å²) in [7, 11) is 0. The lowest BCUT2D eigenvalue weighted by atomic mass is 10.1. The Kier molecular flexibility index (Phi) is 4.53. The molecule has 0 spiro atoms. The van der Waals surface area contributed by atoms with Crippen LogP contribution in [0, 0.1) is 0 Å². The predicted octanol–water partition coefficient (Wildman–Crippen LogP) is 2.07. The minimum atomic E-state index is -0.716. The van der Waals surface area contributed by atoms with Gasteiger partial charge in [-0.2, -0.15) is 0 Å². The maximum Gasteiger partial charge on any atom is 0.251 e. The quantitative estimate of drug-likeness (QED) is 0.509. The second-order valence-electron chi connectivity index (χ2n) is 4.48. The number of aromatic hydroxyl groups is 3. The van der Waals surface area contributed by atoms with Crippen molar-refractivity contribution in [1.29, 1.82) is 0 Å². The van der Waals surface area contributed by atoms with Crippen LogP contribution in [0.25, 0.3) is 0 Å². The fourth-order valence-corrected chi connectivity index (χ4v) is 1.95. The van der Waals surface area contributed by atoms with E-state index in [2.05, 4.69) is 5.32 Å². The number of hydrogen-bond donors (Lipinski definition) is 4. The summed E-state index contributed by atoms with van der Waals surface area (Å²) in [5.74, 6) is -3.01. The van der Waals surface area contributed by atoms with Crippen molar-refractivity contribution in [2.45, 2.75) is 0 Å². The van der Waals surface area contributed by atoms with E-state index < -0.39 is 23.2 Å². The maximum atomic E-state index is 11.9. The number of phenols is 3. The molecule has 0 heterocycles. The van der Waals surface area contributed by atoms with Gasteiger partial charge in [-0.15, -0.1) is 0 Å². The Balaban J connectivity index is 2.05. The van der Waals surface area contributed by atoms with E-state index >= 15 is 0 Å². The number of nitrogens with one attached hydrogen (secondary N) is 1. The van der Waals surface area contributed by atoms with Crippen molar-refractivity contribution < 1.29 is 24.9 Å². The highest BCUT2D eigenvalue weighted by molar-refractivity contribution is 6.31. The van der Waals surface area contributed by atoms with Crippen molar-refractivity contribution in [3.63, 3.8) is 0 Å². The van der Waals surface area contributed by atoms with Gasteiger partial charge in [0, 0.05) is 16.1 Å². The number of carbonyl (C=O) groups excluding carboxylic acids is 2. The lowest BCUT2D eigenvalue weighted by Gasteiger charge is -2.07. The molecule has 2 rings (SSSR count). The number of carbonyl (C=O) groups is 2. The standard InChI is InChI=1S/C15H12ClNO5/c16-10-3-1-2-8(4-10)13(20)7-17-15(22)9-5-11(18)14(21)12(19)6-9/h1-6,18-19,21H,7H2,(H,17,22). The van der Waals surface area contributed by atoms with E-state index in [9.17, 15) is 24.9 Å². The van der Waals surface area contributed by atoms with Gasteiger partial charge in [0.25, 0.3) is 5.91 Å². The van der Waals surface area contributed by atoms with Gasteiger partial charge >= 0.3 is 0 Å². The number of rotatable bonds is 4. The fourth-order valence-electron chi connectivity index (χ4n) is 1.76. The average molecular weight is 322 g/mol. The Morgan fingerprint density at radius 1 is 1.00 bits per heavy atom. The van der Waals surface area contributed by atoms with Crippen molar-refractivity contribution in [1.82, 2.24) is 5.32 Å². The van der Waals surface area contributed by atoms with Crippen LogP contribution in [0.5, 0.6) is 17.2 Å². The van der Waals surface area contributed by atoms with E-state index in [0.29, 0.717) is 10.6 Å². The highest BCUT2D eigenvalue weighted by atomic mass is 35.5. The van der Waals surface area contributed by atoms with Crippen molar-refractivity contribution in [3.05, 3.63) is 52.5 Å². The van der Waals surface area contributed by atoms with E-state index in [1.807, 2.05) is 0 Å².